The number of aliphatic imine (C=N–C) groups is 1. The van der Waals surface area contributed by atoms with Crippen LogP contribution in [0, 0.1) is 0 Å². The molecule has 0 aromatic heterocycles. The highest BCUT2D eigenvalue weighted by atomic mass is 16.2. The largest absolute Gasteiger partial charge is 0.304 e. The molecule has 24 heavy (non-hydrogen) atoms. The minimum atomic E-state index is -0.0286. The average Bonchev–Trinajstić information content (AvgIpc) is 2.87. The molecule has 1 amide bonds. The molecule has 3 heteroatoms. The van der Waals surface area contributed by atoms with E-state index < -0.39 is 0 Å². The molecule has 1 heterocycles. The van der Waals surface area contributed by atoms with E-state index in [1.807, 2.05) is 73.3 Å². The second-order valence-electron chi connectivity index (χ2n) is 6.24. The molecule has 0 fully saturated rings. The number of carbonyl (C=O) groups excluding carboxylic acids is 1. The Morgan fingerprint density at radius 3 is 2.42 bits per heavy atom. The number of para-hydroxylation sites is 1. The smallest absolute Gasteiger partial charge is 0.277 e. The summed E-state index contributed by atoms with van der Waals surface area (Å²) >= 11 is 0. The zero-order valence-electron chi connectivity index (χ0n) is 13.7. The minimum absolute atomic E-state index is 0.0286. The van der Waals surface area contributed by atoms with Gasteiger partial charge >= 0.3 is 0 Å². The Hall–Kier alpha value is -2.94. The highest BCUT2D eigenvalue weighted by Gasteiger charge is 2.35. The molecule has 0 saturated carbocycles. The van der Waals surface area contributed by atoms with Gasteiger partial charge in [0.15, 0.2) is 0 Å². The van der Waals surface area contributed by atoms with E-state index >= 15 is 0 Å². The first kappa shape index (κ1) is 14.6. The van der Waals surface area contributed by atoms with Crippen molar-refractivity contribution in [2.45, 2.75) is 19.9 Å². The molecule has 0 spiro atoms. The number of rotatable bonds is 2. The van der Waals surface area contributed by atoms with Gasteiger partial charge in [-0.2, -0.15) is 0 Å². The number of fused-ring (bicyclic) bond motifs is 2. The minimum Gasteiger partial charge on any atom is -0.304 e. The van der Waals surface area contributed by atoms with Crippen LogP contribution in [-0.4, -0.2) is 17.7 Å². The van der Waals surface area contributed by atoms with Crippen molar-refractivity contribution in [2.24, 2.45) is 4.99 Å². The summed E-state index contributed by atoms with van der Waals surface area (Å²) in [7, 11) is 0. The zero-order chi connectivity index (χ0) is 16.7. The Morgan fingerprint density at radius 2 is 1.58 bits per heavy atom. The number of amides is 1. The van der Waals surface area contributed by atoms with Gasteiger partial charge in [0.05, 0.1) is 11.4 Å². The first-order valence-electron chi connectivity index (χ1n) is 8.16. The fourth-order valence-electron chi connectivity index (χ4n) is 3.27. The van der Waals surface area contributed by atoms with Gasteiger partial charge in [0.1, 0.15) is 5.71 Å². The van der Waals surface area contributed by atoms with Gasteiger partial charge in [0.2, 0.25) is 0 Å². The predicted octanol–water partition coefficient (Wildman–Crippen LogP) is 4.72. The summed E-state index contributed by atoms with van der Waals surface area (Å²) in [5, 5.41) is 2.18. The quantitative estimate of drug-likeness (QED) is 0.674. The van der Waals surface area contributed by atoms with Crippen molar-refractivity contribution in [3.63, 3.8) is 0 Å². The topological polar surface area (TPSA) is 32.7 Å². The summed E-state index contributed by atoms with van der Waals surface area (Å²) in [6, 6.07) is 22.1. The van der Waals surface area contributed by atoms with E-state index in [1.54, 1.807) is 0 Å². The molecule has 0 N–H and O–H groups in total. The molecular weight excluding hydrogens is 296 g/mol. The summed E-state index contributed by atoms with van der Waals surface area (Å²) in [4.78, 5) is 19.5. The van der Waals surface area contributed by atoms with Crippen LogP contribution in [-0.2, 0) is 4.79 Å². The first-order chi connectivity index (χ1) is 11.7. The summed E-state index contributed by atoms with van der Waals surface area (Å²) in [5.41, 5.74) is 3.20. The van der Waals surface area contributed by atoms with Crippen LogP contribution in [0.2, 0.25) is 0 Å². The van der Waals surface area contributed by atoms with E-state index in [4.69, 9.17) is 4.99 Å². The third-order valence-electron chi connectivity index (χ3n) is 4.36. The normalized spacial score (nSPS) is 15.5. The molecule has 3 aromatic carbocycles. The number of benzene rings is 3. The number of carbonyl (C=O) groups is 1. The van der Waals surface area contributed by atoms with Crippen LogP contribution in [0.4, 0.5) is 11.4 Å². The first-order valence-corrected chi connectivity index (χ1v) is 8.16. The summed E-state index contributed by atoms with van der Waals surface area (Å²) in [6.07, 6.45) is 0. The number of hydrogen-bond acceptors (Lipinski definition) is 2. The van der Waals surface area contributed by atoms with E-state index in [1.165, 1.54) is 0 Å². The molecule has 0 bridgehead atoms. The molecule has 0 atom stereocenters. The summed E-state index contributed by atoms with van der Waals surface area (Å²) in [6.45, 7) is 4.05. The molecule has 1 aliphatic rings. The maximum absolute atomic E-state index is 12.9. The van der Waals surface area contributed by atoms with Gasteiger partial charge < -0.3 is 4.90 Å². The van der Waals surface area contributed by atoms with Crippen LogP contribution in [0.1, 0.15) is 19.4 Å². The standard InChI is InChI=1S/C21H18N2O/c1-14(2)23-19-13-6-5-11-17(19)20(21(23)24)22-18-12-7-9-15-8-3-4-10-16(15)18/h3-14H,1-2H3. The van der Waals surface area contributed by atoms with Crippen molar-refractivity contribution < 1.29 is 4.79 Å². The average molecular weight is 314 g/mol. The summed E-state index contributed by atoms with van der Waals surface area (Å²) < 4.78 is 0. The second kappa shape index (κ2) is 5.60. The van der Waals surface area contributed by atoms with Crippen LogP contribution >= 0.6 is 0 Å². The molecule has 0 radical (unpaired) electrons. The number of anilines is 1. The molecule has 0 aliphatic carbocycles. The Balaban J connectivity index is 1.92. The molecular formula is C21H18N2O. The van der Waals surface area contributed by atoms with Crippen LogP contribution < -0.4 is 4.90 Å². The van der Waals surface area contributed by atoms with Crippen molar-refractivity contribution >= 4 is 33.8 Å². The van der Waals surface area contributed by atoms with Gasteiger partial charge in [0.25, 0.3) is 5.91 Å². The van der Waals surface area contributed by atoms with Crippen LogP contribution in [0.15, 0.2) is 71.7 Å². The monoisotopic (exact) mass is 314 g/mol. The lowest BCUT2D eigenvalue weighted by Crippen LogP contribution is -2.35. The fourth-order valence-corrected chi connectivity index (χ4v) is 3.27. The van der Waals surface area contributed by atoms with Crippen molar-refractivity contribution in [2.75, 3.05) is 4.90 Å². The Morgan fingerprint density at radius 1 is 0.875 bits per heavy atom. The van der Waals surface area contributed by atoms with E-state index in [0.29, 0.717) is 5.71 Å². The highest BCUT2D eigenvalue weighted by molar-refractivity contribution is 6.55. The van der Waals surface area contributed by atoms with Crippen LogP contribution in [0.25, 0.3) is 10.8 Å². The fraction of sp³-hybridized carbons (Fsp3) is 0.143. The molecule has 3 aromatic rings. The molecule has 1 aliphatic heterocycles. The molecule has 0 unspecified atom stereocenters. The third-order valence-corrected chi connectivity index (χ3v) is 4.36. The van der Waals surface area contributed by atoms with Crippen LogP contribution in [0.5, 0.6) is 0 Å². The van der Waals surface area contributed by atoms with E-state index in [-0.39, 0.29) is 11.9 Å². The summed E-state index contributed by atoms with van der Waals surface area (Å²) in [5.74, 6) is -0.0286. The Labute approximate surface area is 141 Å². The SMILES string of the molecule is CC(C)N1C(=O)C(=Nc2cccc3ccccc23)c2ccccc21. The highest BCUT2D eigenvalue weighted by Crippen LogP contribution is 2.33. The second-order valence-corrected chi connectivity index (χ2v) is 6.24. The molecule has 0 saturated heterocycles. The number of hydrogen-bond donors (Lipinski definition) is 0. The Kier molecular flexibility index (Phi) is 3.42. The lowest BCUT2D eigenvalue weighted by atomic mass is 10.1. The number of nitrogens with zero attached hydrogens (tertiary/aromatic N) is 2. The van der Waals surface area contributed by atoms with Crippen LogP contribution in [0.3, 0.4) is 0 Å². The maximum Gasteiger partial charge on any atom is 0.277 e. The lowest BCUT2D eigenvalue weighted by molar-refractivity contribution is -0.112. The van der Waals surface area contributed by atoms with E-state index in [0.717, 1.165) is 27.7 Å². The lowest BCUT2D eigenvalue weighted by Gasteiger charge is -2.20. The maximum atomic E-state index is 12.9. The van der Waals surface area contributed by atoms with Gasteiger partial charge in [-0.15, -0.1) is 0 Å². The van der Waals surface area contributed by atoms with Crippen molar-refractivity contribution in [1.82, 2.24) is 0 Å². The predicted molar refractivity (Wildman–Crippen MR) is 99.2 cm³/mol. The molecule has 3 nitrogen and oxygen atoms in total. The van der Waals surface area contributed by atoms with Crippen molar-refractivity contribution in [3.8, 4) is 0 Å². The zero-order valence-corrected chi connectivity index (χ0v) is 13.7. The van der Waals surface area contributed by atoms with Gasteiger partial charge in [-0.3, -0.25) is 4.79 Å². The van der Waals surface area contributed by atoms with E-state index in [9.17, 15) is 4.79 Å². The van der Waals surface area contributed by atoms with Gasteiger partial charge in [-0.1, -0.05) is 54.6 Å². The molecule has 4 rings (SSSR count). The van der Waals surface area contributed by atoms with Crippen molar-refractivity contribution in [1.29, 1.82) is 0 Å². The van der Waals surface area contributed by atoms with Gasteiger partial charge in [-0.25, -0.2) is 4.99 Å². The van der Waals surface area contributed by atoms with Crippen molar-refractivity contribution in [3.05, 3.63) is 72.3 Å². The molecule has 118 valence electrons. The Bertz CT molecular complexity index is 967. The van der Waals surface area contributed by atoms with Gasteiger partial charge in [-0.05, 0) is 31.4 Å². The van der Waals surface area contributed by atoms with E-state index in [2.05, 4.69) is 12.1 Å². The third kappa shape index (κ3) is 2.21. The van der Waals surface area contributed by atoms with Gasteiger partial charge in [0, 0.05) is 17.0 Å².